The Morgan fingerprint density at radius 1 is 0.810 bits per heavy atom. The van der Waals surface area contributed by atoms with Gasteiger partial charge in [-0.1, -0.05) is 42.5 Å². The van der Waals surface area contributed by atoms with Crippen LogP contribution < -0.4 is 0 Å². The Balaban J connectivity index is 2.24. The number of H-pyrrole nitrogens is 1. The molecule has 0 radical (unpaired) electrons. The molecule has 0 amide bonds. The number of aromatic nitrogens is 1. The first-order valence-corrected chi connectivity index (χ1v) is 7.96. The summed E-state index contributed by atoms with van der Waals surface area (Å²) >= 11 is 1.88. The van der Waals surface area contributed by atoms with E-state index in [0.29, 0.717) is 0 Å². The van der Waals surface area contributed by atoms with E-state index in [9.17, 15) is 0 Å². The van der Waals surface area contributed by atoms with Gasteiger partial charge in [0.2, 0.25) is 0 Å². The molecule has 0 atom stereocenters. The molecule has 0 fully saturated rings. The van der Waals surface area contributed by atoms with Crippen LogP contribution in [0.25, 0.3) is 42.7 Å². The number of hydrogen-bond acceptors (Lipinski definition) is 1. The molecule has 0 spiro atoms. The van der Waals surface area contributed by atoms with Crippen LogP contribution in [0.1, 0.15) is 4.88 Å². The summed E-state index contributed by atoms with van der Waals surface area (Å²) in [6, 6.07) is 19.7. The van der Waals surface area contributed by atoms with Crippen molar-refractivity contribution in [3.63, 3.8) is 0 Å². The fourth-order valence-corrected chi connectivity index (χ4v) is 4.46. The summed E-state index contributed by atoms with van der Waals surface area (Å²) in [5.74, 6) is 0. The predicted octanol–water partition coefficient (Wildman–Crippen LogP) is 6.00. The number of hydrogen-bond donors (Lipinski definition) is 1. The zero-order valence-corrected chi connectivity index (χ0v) is 12.4. The van der Waals surface area contributed by atoms with Crippen molar-refractivity contribution in [2.45, 2.75) is 6.92 Å². The monoisotopic (exact) mass is 287 g/mol. The van der Waals surface area contributed by atoms with E-state index in [1.807, 2.05) is 11.3 Å². The van der Waals surface area contributed by atoms with Gasteiger partial charge in [0.25, 0.3) is 0 Å². The van der Waals surface area contributed by atoms with Crippen LogP contribution in [0.2, 0.25) is 0 Å². The first-order valence-electron chi connectivity index (χ1n) is 7.14. The highest BCUT2D eigenvalue weighted by molar-refractivity contribution is 7.20. The van der Waals surface area contributed by atoms with Gasteiger partial charge in [-0.2, -0.15) is 0 Å². The van der Waals surface area contributed by atoms with Crippen LogP contribution in [0.4, 0.5) is 0 Å². The van der Waals surface area contributed by atoms with Crippen LogP contribution in [-0.2, 0) is 0 Å². The maximum Gasteiger partial charge on any atom is 0.0652 e. The van der Waals surface area contributed by atoms with E-state index in [-0.39, 0.29) is 0 Å². The molecular formula is C19H13NS. The fourth-order valence-electron chi connectivity index (χ4n) is 3.43. The molecule has 2 aromatic heterocycles. The lowest BCUT2D eigenvalue weighted by Crippen LogP contribution is -1.76. The van der Waals surface area contributed by atoms with Gasteiger partial charge in [0.1, 0.15) is 0 Å². The summed E-state index contributed by atoms with van der Waals surface area (Å²) in [6.45, 7) is 2.19. The quantitative estimate of drug-likeness (QED) is 0.359. The zero-order chi connectivity index (χ0) is 14.0. The largest absolute Gasteiger partial charge is 0.353 e. The molecule has 1 N–H and O–H groups in total. The van der Waals surface area contributed by atoms with Crippen molar-refractivity contribution < 1.29 is 0 Å². The lowest BCUT2D eigenvalue weighted by molar-refractivity contribution is 1.57. The van der Waals surface area contributed by atoms with Crippen molar-refractivity contribution in [1.29, 1.82) is 0 Å². The second-order valence-corrected chi connectivity index (χ2v) is 6.82. The molecule has 5 rings (SSSR count). The summed E-state index contributed by atoms with van der Waals surface area (Å²) in [7, 11) is 0. The molecule has 5 aromatic rings. The summed E-state index contributed by atoms with van der Waals surface area (Å²) < 4.78 is 1.37. The van der Waals surface area contributed by atoms with Crippen LogP contribution in [0.3, 0.4) is 0 Å². The molecule has 3 aromatic carbocycles. The maximum absolute atomic E-state index is 3.64. The zero-order valence-electron chi connectivity index (χ0n) is 11.6. The Hall–Kier alpha value is -2.32. The summed E-state index contributed by atoms with van der Waals surface area (Å²) in [5, 5.41) is 6.74. The number of benzene rings is 3. The van der Waals surface area contributed by atoms with Crippen LogP contribution in [0, 0.1) is 6.92 Å². The highest BCUT2D eigenvalue weighted by Crippen LogP contribution is 2.41. The van der Waals surface area contributed by atoms with E-state index < -0.39 is 0 Å². The Labute approximate surface area is 125 Å². The average Bonchev–Trinajstić information content (AvgIpc) is 3.08. The van der Waals surface area contributed by atoms with Crippen LogP contribution in [0.5, 0.6) is 0 Å². The fraction of sp³-hybridized carbons (Fsp3) is 0.0526. The summed E-state index contributed by atoms with van der Waals surface area (Å²) in [6.07, 6.45) is 0. The van der Waals surface area contributed by atoms with Crippen molar-refractivity contribution in [3.05, 3.63) is 59.5 Å². The number of aryl methyl sites for hydroxylation is 1. The normalized spacial score (nSPS) is 12.0. The highest BCUT2D eigenvalue weighted by Gasteiger charge is 2.14. The minimum Gasteiger partial charge on any atom is -0.353 e. The highest BCUT2D eigenvalue weighted by atomic mass is 32.1. The second kappa shape index (κ2) is 3.86. The second-order valence-electron chi connectivity index (χ2n) is 5.57. The van der Waals surface area contributed by atoms with E-state index in [2.05, 4.69) is 66.5 Å². The number of rotatable bonds is 0. The standard InChI is InChI=1S/C19H13NS/c1-11-10-15-12-6-2-3-7-13(12)17-14-8-4-5-9-16(14)20-18(17)19(15)21-11/h2-10,20H,1H3. The molecule has 1 nitrogen and oxygen atoms in total. The van der Waals surface area contributed by atoms with Crippen molar-refractivity contribution in [1.82, 2.24) is 4.98 Å². The molecule has 0 saturated heterocycles. The van der Waals surface area contributed by atoms with Gasteiger partial charge in [0.05, 0.1) is 10.2 Å². The van der Waals surface area contributed by atoms with E-state index in [1.54, 1.807) is 0 Å². The smallest absolute Gasteiger partial charge is 0.0652 e. The number of fused-ring (bicyclic) bond motifs is 8. The summed E-state index contributed by atoms with van der Waals surface area (Å²) in [5.41, 5.74) is 2.50. The molecule has 2 heteroatoms. The minimum absolute atomic E-state index is 1.22. The molecular weight excluding hydrogens is 274 g/mol. The van der Waals surface area contributed by atoms with Gasteiger partial charge in [-0.3, -0.25) is 0 Å². The van der Waals surface area contributed by atoms with Gasteiger partial charge in [-0.15, -0.1) is 11.3 Å². The molecule has 0 unspecified atom stereocenters. The first-order chi connectivity index (χ1) is 10.3. The lowest BCUT2D eigenvalue weighted by Gasteiger charge is -2.03. The average molecular weight is 287 g/mol. The number of nitrogens with one attached hydrogen (secondary N) is 1. The maximum atomic E-state index is 3.64. The van der Waals surface area contributed by atoms with Gasteiger partial charge in [-0.25, -0.2) is 0 Å². The van der Waals surface area contributed by atoms with E-state index >= 15 is 0 Å². The van der Waals surface area contributed by atoms with Crippen molar-refractivity contribution in [3.8, 4) is 0 Å². The van der Waals surface area contributed by atoms with Gasteiger partial charge < -0.3 is 4.98 Å². The molecule has 0 aliphatic rings. The number of para-hydroxylation sites is 1. The predicted molar refractivity (Wildman–Crippen MR) is 93.4 cm³/mol. The van der Waals surface area contributed by atoms with Crippen molar-refractivity contribution in [2.75, 3.05) is 0 Å². The van der Waals surface area contributed by atoms with Gasteiger partial charge >= 0.3 is 0 Å². The van der Waals surface area contributed by atoms with E-state index in [4.69, 9.17) is 0 Å². The van der Waals surface area contributed by atoms with Crippen molar-refractivity contribution >= 4 is 54.0 Å². The molecule has 21 heavy (non-hydrogen) atoms. The first kappa shape index (κ1) is 11.4. The lowest BCUT2D eigenvalue weighted by atomic mass is 10.0. The molecule has 100 valence electrons. The van der Waals surface area contributed by atoms with Crippen LogP contribution >= 0.6 is 11.3 Å². The van der Waals surface area contributed by atoms with E-state index in [1.165, 1.54) is 47.5 Å². The number of aromatic amines is 1. The topological polar surface area (TPSA) is 15.8 Å². The SMILES string of the molecule is Cc1cc2c3ccccc3c3c4ccccc4[nH]c3c2s1. The minimum atomic E-state index is 1.22. The Morgan fingerprint density at radius 3 is 2.38 bits per heavy atom. The third-order valence-corrected chi connectivity index (χ3v) is 5.34. The van der Waals surface area contributed by atoms with Gasteiger partial charge in [0.15, 0.2) is 0 Å². The van der Waals surface area contributed by atoms with Gasteiger partial charge in [0, 0.05) is 26.6 Å². The molecule has 0 aliphatic carbocycles. The molecule has 0 aliphatic heterocycles. The van der Waals surface area contributed by atoms with E-state index in [0.717, 1.165) is 0 Å². The summed E-state index contributed by atoms with van der Waals surface area (Å²) in [4.78, 5) is 5.00. The molecule has 0 saturated carbocycles. The van der Waals surface area contributed by atoms with Crippen LogP contribution in [0.15, 0.2) is 54.6 Å². The Morgan fingerprint density at radius 2 is 1.52 bits per heavy atom. The third-order valence-electron chi connectivity index (χ3n) is 4.27. The van der Waals surface area contributed by atoms with Gasteiger partial charge in [-0.05, 0) is 29.8 Å². The van der Waals surface area contributed by atoms with Crippen LogP contribution in [-0.4, -0.2) is 4.98 Å². The molecule has 2 heterocycles. The Kier molecular flexibility index (Phi) is 2.09. The van der Waals surface area contributed by atoms with Crippen molar-refractivity contribution in [2.24, 2.45) is 0 Å². The number of thiophene rings is 1. The third kappa shape index (κ3) is 1.40. The Bertz CT molecular complexity index is 1140. The molecule has 0 bridgehead atoms.